The third kappa shape index (κ3) is 31.7. The Bertz CT molecular complexity index is 1610. The second-order valence-corrected chi connectivity index (χ2v) is 19.4. The number of carbonyl (C=O) groups excluding carboxylic acids is 2. The molecule has 0 aromatic rings. The van der Waals surface area contributed by atoms with Gasteiger partial charge >= 0.3 is 11.9 Å². The molecule has 0 aromatic heterocycles. The average Bonchev–Trinajstić information content (AvgIpc) is 3.39. The van der Waals surface area contributed by atoms with E-state index in [1.807, 2.05) is 12.2 Å². The van der Waals surface area contributed by atoms with E-state index in [9.17, 15) is 45.3 Å². The van der Waals surface area contributed by atoms with E-state index in [1.165, 1.54) is 64.2 Å². The summed E-state index contributed by atoms with van der Waals surface area (Å²) in [7, 11) is 0. The standard InChI is InChI=1S/C59H98O15/c1-3-5-7-9-11-13-15-17-19-21-22-23-24-26-28-30-32-34-36-38-40-42-51(62)72-47(44-69-50(61)41-39-37-35-33-31-29-27-25-20-18-16-14-12-10-8-6-4-2)45-70-58-57(68)55(66)53(64)49(74-58)46-71-59-56(67)54(65)52(63)48(43-60)73-59/h12,14,18-21,23-24,27-30,34,36,47-49,52-60,63-68H,3-11,13,15-17,22,25-26,31-33,35,37-46H2,1-2H3/b14-12+,20-18+,21-19+,24-23+,29-27+,30-28+,36-34+/t47-,48+,49+,52-,53-,54?,55?,56?,57?,58+,59+/m1/s1. The average molecular weight is 1050 g/mol. The maximum Gasteiger partial charge on any atom is 0.306 e. The number of aliphatic hydroxyl groups is 7. The lowest BCUT2D eigenvalue weighted by molar-refractivity contribution is -0.332. The largest absolute Gasteiger partial charge is 0.462 e. The van der Waals surface area contributed by atoms with Crippen LogP contribution >= 0.6 is 0 Å². The Hall–Kier alpha value is -3.32. The first-order valence-corrected chi connectivity index (χ1v) is 28.2. The van der Waals surface area contributed by atoms with Crippen LogP contribution in [0.2, 0.25) is 0 Å². The molecule has 0 bridgehead atoms. The van der Waals surface area contributed by atoms with Crippen LogP contribution in [0.3, 0.4) is 0 Å². The monoisotopic (exact) mass is 1050 g/mol. The number of rotatable bonds is 43. The van der Waals surface area contributed by atoms with E-state index in [2.05, 4.69) is 86.8 Å². The second kappa shape index (κ2) is 44.8. The van der Waals surface area contributed by atoms with Crippen LogP contribution < -0.4 is 0 Å². The molecule has 2 aliphatic heterocycles. The van der Waals surface area contributed by atoms with Crippen molar-refractivity contribution in [2.45, 2.75) is 248 Å². The van der Waals surface area contributed by atoms with Gasteiger partial charge in [-0.2, -0.15) is 0 Å². The Morgan fingerprint density at radius 3 is 1.34 bits per heavy atom. The zero-order valence-electron chi connectivity index (χ0n) is 45.0. The summed E-state index contributed by atoms with van der Waals surface area (Å²) in [6.45, 7) is 2.47. The normalized spacial score (nSPS) is 25.3. The minimum Gasteiger partial charge on any atom is -0.462 e. The van der Waals surface area contributed by atoms with Crippen LogP contribution in [0, 0.1) is 0 Å². The van der Waals surface area contributed by atoms with E-state index in [1.54, 1.807) is 0 Å². The lowest BCUT2D eigenvalue weighted by Gasteiger charge is -2.42. The van der Waals surface area contributed by atoms with Crippen molar-refractivity contribution in [3.05, 3.63) is 85.1 Å². The van der Waals surface area contributed by atoms with Gasteiger partial charge < -0.3 is 64.2 Å². The summed E-state index contributed by atoms with van der Waals surface area (Å²) in [5.74, 6) is -1.02. The maximum atomic E-state index is 13.0. The van der Waals surface area contributed by atoms with Crippen LogP contribution in [-0.2, 0) is 38.0 Å². The van der Waals surface area contributed by atoms with Gasteiger partial charge in [-0.15, -0.1) is 0 Å². The molecular weight excluding hydrogens is 949 g/mol. The predicted molar refractivity (Wildman–Crippen MR) is 289 cm³/mol. The lowest BCUT2D eigenvalue weighted by Crippen LogP contribution is -2.61. The van der Waals surface area contributed by atoms with Crippen LogP contribution in [-0.4, -0.2) is 142 Å². The molecule has 0 radical (unpaired) electrons. The minimum absolute atomic E-state index is 0.0798. The van der Waals surface area contributed by atoms with Crippen LogP contribution in [0.25, 0.3) is 0 Å². The number of ether oxygens (including phenoxy) is 6. The topological polar surface area (TPSA) is 231 Å². The van der Waals surface area contributed by atoms with Gasteiger partial charge in [0, 0.05) is 12.8 Å². The van der Waals surface area contributed by atoms with Crippen molar-refractivity contribution in [3.8, 4) is 0 Å². The first kappa shape index (κ1) is 66.8. The van der Waals surface area contributed by atoms with Gasteiger partial charge in [0.05, 0.1) is 19.8 Å². The van der Waals surface area contributed by atoms with Crippen LogP contribution in [0.5, 0.6) is 0 Å². The lowest BCUT2D eigenvalue weighted by atomic mass is 9.98. The Morgan fingerprint density at radius 1 is 0.432 bits per heavy atom. The summed E-state index contributed by atoms with van der Waals surface area (Å²) in [5, 5.41) is 72.2. The summed E-state index contributed by atoms with van der Waals surface area (Å²) in [6.07, 6.45) is 38.9. The highest BCUT2D eigenvalue weighted by atomic mass is 16.7. The predicted octanol–water partition coefficient (Wildman–Crippen LogP) is 9.16. The third-order valence-electron chi connectivity index (χ3n) is 12.8. The maximum absolute atomic E-state index is 13.0. The number of unbranched alkanes of at least 4 members (excludes halogenated alkanes) is 15. The molecule has 2 saturated heterocycles. The van der Waals surface area contributed by atoms with E-state index in [0.717, 1.165) is 70.6 Å². The Labute approximate surface area is 444 Å². The van der Waals surface area contributed by atoms with Crippen molar-refractivity contribution in [2.24, 2.45) is 0 Å². The Morgan fingerprint density at radius 2 is 0.824 bits per heavy atom. The molecule has 424 valence electrons. The highest BCUT2D eigenvalue weighted by Crippen LogP contribution is 2.26. The van der Waals surface area contributed by atoms with Gasteiger partial charge in [0.2, 0.25) is 0 Å². The molecule has 2 heterocycles. The van der Waals surface area contributed by atoms with Crippen molar-refractivity contribution in [3.63, 3.8) is 0 Å². The fourth-order valence-electron chi connectivity index (χ4n) is 8.22. The van der Waals surface area contributed by atoms with Crippen molar-refractivity contribution in [1.29, 1.82) is 0 Å². The number of hydrogen-bond acceptors (Lipinski definition) is 15. The van der Waals surface area contributed by atoms with E-state index >= 15 is 0 Å². The summed E-state index contributed by atoms with van der Waals surface area (Å²) in [5.41, 5.74) is 0. The van der Waals surface area contributed by atoms with Crippen LogP contribution in [0.4, 0.5) is 0 Å². The molecular formula is C59H98O15. The minimum atomic E-state index is -1.78. The Balaban J connectivity index is 1.82. The van der Waals surface area contributed by atoms with Gasteiger partial charge in [0.1, 0.15) is 55.4 Å². The van der Waals surface area contributed by atoms with Gasteiger partial charge in [-0.1, -0.05) is 163 Å². The third-order valence-corrected chi connectivity index (χ3v) is 12.8. The van der Waals surface area contributed by atoms with Crippen LogP contribution in [0.15, 0.2) is 85.1 Å². The smallest absolute Gasteiger partial charge is 0.306 e. The molecule has 11 atom stereocenters. The van der Waals surface area contributed by atoms with Crippen molar-refractivity contribution in [2.75, 3.05) is 26.4 Å². The molecule has 2 rings (SSSR count). The molecule has 0 saturated carbocycles. The number of hydrogen-bond donors (Lipinski definition) is 7. The van der Waals surface area contributed by atoms with Crippen molar-refractivity contribution >= 4 is 11.9 Å². The molecule has 15 heteroatoms. The highest BCUT2D eigenvalue weighted by Gasteiger charge is 2.47. The molecule has 7 N–H and O–H groups in total. The molecule has 0 spiro atoms. The summed E-state index contributed by atoms with van der Waals surface area (Å²) in [6, 6.07) is 0. The fourth-order valence-corrected chi connectivity index (χ4v) is 8.22. The van der Waals surface area contributed by atoms with E-state index in [0.29, 0.717) is 19.3 Å². The quantitative estimate of drug-likeness (QED) is 0.0172. The van der Waals surface area contributed by atoms with Gasteiger partial charge in [-0.25, -0.2) is 0 Å². The molecule has 2 aliphatic rings. The first-order valence-electron chi connectivity index (χ1n) is 28.2. The van der Waals surface area contributed by atoms with Crippen molar-refractivity contribution in [1.82, 2.24) is 0 Å². The van der Waals surface area contributed by atoms with Gasteiger partial charge in [0.15, 0.2) is 18.7 Å². The summed E-state index contributed by atoms with van der Waals surface area (Å²) < 4.78 is 33.6. The van der Waals surface area contributed by atoms with Gasteiger partial charge in [-0.3, -0.25) is 9.59 Å². The number of carbonyl (C=O) groups is 2. The van der Waals surface area contributed by atoms with E-state index in [-0.39, 0.29) is 19.4 Å². The van der Waals surface area contributed by atoms with Gasteiger partial charge in [0.25, 0.3) is 0 Å². The molecule has 0 aromatic carbocycles. The fraction of sp³-hybridized carbons (Fsp3) is 0.729. The highest BCUT2D eigenvalue weighted by molar-refractivity contribution is 5.70. The van der Waals surface area contributed by atoms with Crippen molar-refractivity contribution < 1.29 is 73.8 Å². The van der Waals surface area contributed by atoms with E-state index in [4.69, 9.17) is 28.4 Å². The van der Waals surface area contributed by atoms with E-state index < -0.39 is 99.3 Å². The SMILES string of the molecule is CCCCC/C=C/C/C=C/C/C=C/CCCCCCC(=O)OC[C@H](CO[C@H]1O[C@@H](CO[C@H]2O[C@@H](CO)[C@@H](O)C(O)C2O)[C@@H](O)C(O)C1O)OC(=O)CCC/C=C/C/C=C/C/C=C/C/C=C/CCCCCCCCC. The van der Waals surface area contributed by atoms with Gasteiger partial charge in [-0.05, 0) is 89.9 Å². The van der Waals surface area contributed by atoms with Crippen LogP contribution in [0.1, 0.15) is 181 Å². The molecule has 0 amide bonds. The molecule has 74 heavy (non-hydrogen) atoms. The number of aliphatic hydroxyl groups excluding tert-OH is 7. The molecule has 2 fully saturated rings. The second-order valence-electron chi connectivity index (χ2n) is 19.4. The summed E-state index contributed by atoms with van der Waals surface area (Å²) in [4.78, 5) is 25.8. The number of allylic oxidation sites excluding steroid dienone is 14. The molecule has 4 unspecified atom stereocenters. The Kier molecular flexibility index (Phi) is 40.4. The zero-order valence-corrected chi connectivity index (χ0v) is 45.0. The first-order chi connectivity index (χ1) is 36.0. The summed E-state index contributed by atoms with van der Waals surface area (Å²) >= 11 is 0. The molecule has 15 nitrogen and oxygen atoms in total. The zero-order chi connectivity index (χ0) is 53.9. The number of esters is 2. The molecule has 0 aliphatic carbocycles.